The Morgan fingerprint density at radius 3 is 1.87 bits per heavy atom. The van der Waals surface area contributed by atoms with Crippen molar-refractivity contribution in [2.24, 2.45) is 17.8 Å². The lowest BCUT2D eigenvalue weighted by atomic mass is 9.82. The van der Waals surface area contributed by atoms with Crippen LogP contribution in [0, 0.1) is 17.8 Å². The van der Waals surface area contributed by atoms with E-state index in [9.17, 15) is 14.7 Å². The van der Waals surface area contributed by atoms with Crippen LogP contribution >= 0.6 is 0 Å². The molecule has 246 valence electrons. The van der Waals surface area contributed by atoms with Gasteiger partial charge in [0.15, 0.2) is 18.7 Å². The summed E-state index contributed by atoms with van der Waals surface area (Å²) in [5.41, 5.74) is 1.72. The van der Waals surface area contributed by atoms with Gasteiger partial charge in [0.2, 0.25) is 0 Å². The van der Waals surface area contributed by atoms with Gasteiger partial charge in [-0.2, -0.15) is 0 Å². The molecule has 9 nitrogen and oxygen atoms in total. The van der Waals surface area contributed by atoms with Crippen LogP contribution in [0.25, 0.3) is 0 Å². The zero-order valence-electron chi connectivity index (χ0n) is 26.8. The highest BCUT2D eigenvalue weighted by Gasteiger charge is 2.50. The summed E-state index contributed by atoms with van der Waals surface area (Å²) in [6.45, 7) is 8.19. The van der Waals surface area contributed by atoms with E-state index in [-0.39, 0.29) is 24.5 Å². The van der Waals surface area contributed by atoms with E-state index in [1.54, 1.807) is 61.5 Å². The summed E-state index contributed by atoms with van der Waals surface area (Å²) in [6.07, 6.45) is -4.95. The number of carbonyl (C=O) groups excluding carboxylic acids is 2. The van der Waals surface area contributed by atoms with Crippen LogP contribution < -0.4 is 0 Å². The standard InChI is InChI=1S/C37H44O9/c1-5-29-23(2)24(3)32(36(43-29)42-21-26-15-9-6-10-16-26)46-37-33(45-35(40)28-19-13-8-14-20-28)31(38)25(4)30(44-37)22-41-34(39)27-17-11-7-12-18-27/h6-20,23-25,29-33,36-38H,5,21-22H2,1-4H3/t23-,24-,25+,29?,30?,31-,32?,33?,36-,37+/m0/s1. The molecule has 0 amide bonds. The molecular weight excluding hydrogens is 588 g/mol. The van der Waals surface area contributed by atoms with Crippen LogP contribution in [-0.4, -0.2) is 66.8 Å². The summed E-state index contributed by atoms with van der Waals surface area (Å²) in [5, 5.41) is 11.6. The number of hydrogen-bond acceptors (Lipinski definition) is 9. The number of ether oxygens (including phenoxy) is 6. The van der Waals surface area contributed by atoms with Gasteiger partial charge in [0.05, 0.1) is 23.8 Å². The number of aliphatic hydroxyl groups excluding tert-OH is 1. The van der Waals surface area contributed by atoms with Crippen molar-refractivity contribution in [3.05, 3.63) is 108 Å². The van der Waals surface area contributed by atoms with E-state index in [1.807, 2.05) is 36.4 Å². The second-order valence-electron chi connectivity index (χ2n) is 12.2. The van der Waals surface area contributed by atoms with Gasteiger partial charge in [-0.1, -0.05) is 94.4 Å². The molecule has 0 bridgehead atoms. The maximum atomic E-state index is 13.2. The maximum absolute atomic E-state index is 13.2. The minimum atomic E-state index is -1.21. The number of carbonyl (C=O) groups is 2. The zero-order valence-corrected chi connectivity index (χ0v) is 26.8. The molecule has 2 aliphatic rings. The van der Waals surface area contributed by atoms with Crippen LogP contribution in [0.4, 0.5) is 0 Å². The molecular formula is C37H44O9. The molecule has 2 heterocycles. The van der Waals surface area contributed by atoms with Crippen molar-refractivity contribution >= 4 is 11.9 Å². The Morgan fingerprint density at radius 1 is 0.696 bits per heavy atom. The quantitative estimate of drug-likeness (QED) is 0.262. The molecule has 1 N–H and O–H groups in total. The van der Waals surface area contributed by atoms with E-state index in [0.717, 1.165) is 12.0 Å². The lowest BCUT2D eigenvalue weighted by Crippen LogP contribution is -2.60. The molecule has 10 atom stereocenters. The van der Waals surface area contributed by atoms with E-state index < -0.39 is 54.9 Å². The number of esters is 2. The van der Waals surface area contributed by atoms with Crippen molar-refractivity contribution in [2.45, 2.75) is 83.8 Å². The third-order valence-electron chi connectivity index (χ3n) is 9.14. The third-order valence-corrected chi connectivity index (χ3v) is 9.14. The molecule has 0 aromatic heterocycles. The number of aliphatic hydroxyl groups is 1. The highest BCUT2D eigenvalue weighted by molar-refractivity contribution is 5.89. The SMILES string of the molecule is CCC1O[C@H](OCc2ccccc2)C(O[C@H]2OC(COC(=O)c3ccccc3)[C@@H](C)[C@H](O)C2OC(=O)c2ccccc2)[C@@H](C)[C@@H]1C. The maximum Gasteiger partial charge on any atom is 0.338 e. The van der Waals surface area contributed by atoms with E-state index in [4.69, 9.17) is 28.4 Å². The van der Waals surface area contributed by atoms with Crippen LogP contribution in [0.2, 0.25) is 0 Å². The lowest BCUT2D eigenvalue weighted by molar-refractivity contribution is -0.351. The van der Waals surface area contributed by atoms with Crippen LogP contribution in [0.3, 0.4) is 0 Å². The molecule has 5 rings (SSSR count). The second kappa shape index (κ2) is 15.8. The van der Waals surface area contributed by atoms with Crippen molar-refractivity contribution in [3.8, 4) is 0 Å². The molecule has 2 saturated heterocycles. The fraction of sp³-hybridized carbons (Fsp3) is 0.459. The number of benzene rings is 3. The van der Waals surface area contributed by atoms with E-state index in [1.165, 1.54) is 0 Å². The topological polar surface area (TPSA) is 110 Å². The summed E-state index contributed by atoms with van der Waals surface area (Å²) < 4.78 is 37.3. The lowest BCUT2D eigenvalue weighted by Gasteiger charge is -2.48. The highest BCUT2D eigenvalue weighted by Crippen LogP contribution is 2.38. The molecule has 3 aromatic rings. The predicted molar refractivity (Wildman–Crippen MR) is 170 cm³/mol. The normalized spacial score (nSPS) is 31.2. The number of hydrogen-bond donors (Lipinski definition) is 1. The van der Waals surface area contributed by atoms with Crippen molar-refractivity contribution < 1.29 is 43.1 Å². The summed E-state index contributed by atoms with van der Waals surface area (Å²) >= 11 is 0. The predicted octanol–water partition coefficient (Wildman–Crippen LogP) is 5.80. The van der Waals surface area contributed by atoms with Crippen LogP contribution in [0.5, 0.6) is 0 Å². The van der Waals surface area contributed by atoms with Crippen LogP contribution in [0.15, 0.2) is 91.0 Å². The largest absolute Gasteiger partial charge is 0.459 e. The van der Waals surface area contributed by atoms with Gasteiger partial charge >= 0.3 is 11.9 Å². The van der Waals surface area contributed by atoms with Gasteiger partial charge in [0.1, 0.15) is 24.9 Å². The smallest absolute Gasteiger partial charge is 0.338 e. The minimum Gasteiger partial charge on any atom is -0.459 e. The first-order valence-corrected chi connectivity index (χ1v) is 16.0. The molecule has 0 saturated carbocycles. The first-order valence-electron chi connectivity index (χ1n) is 16.0. The Kier molecular flexibility index (Phi) is 11.6. The van der Waals surface area contributed by atoms with Gasteiger partial charge in [0.25, 0.3) is 0 Å². The first kappa shape index (κ1) is 33.8. The van der Waals surface area contributed by atoms with Gasteiger partial charge in [-0.25, -0.2) is 9.59 Å². The van der Waals surface area contributed by atoms with Crippen LogP contribution in [0.1, 0.15) is 60.4 Å². The van der Waals surface area contributed by atoms with Crippen molar-refractivity contribution in [1.82, 2.24) is 0 Å². The molecule has 46 heavy (non-hydrogen) atoms. The summed E-state index contributed by atoms with van der Waals surface area (Å²) in [5.74, 6) is -1.62. The van der Waals surface area contributed by atoms with Gasteiger partial charge in [0, 0.05) is 5.92 Å². The molecule has 2 aliphatic heterocycles. The summed E-state index contributed by atoms with van der Waals surface area (Å²) in [4.78, 5) is 26.0. The van der Waals surface area contributed by atoms with E-state index in [2.05, 4.69) is 20.8 Å². The fourth-order valence-corrected chi connectivity index (χ4v) is 6.02. The Balaban J connectivity index is 1.38. The second-order valence-corrected chi connectivity index (χ2v) is 12.2. The summed E-state index contributed by atoms with van der Waals surface area (Å²) in [7, 11) is 0. The summed E-state index contributed by atoms with van der Waals surface area (Å²) in [6, 6.07) is 27.0. The fourth-order valence-electron chi connectivity index (χ4n) is 6.02. The molecule has 0 radical (unpaired) electrons. The molecule has 0 spiro atoms. The third kappa shape index (κ3) is 8.03. The minimum absolute atomic E-state index is 0.0422. The molecule has 9 heteroatoms. The van der Waals surface area contributed by atoms with Gasteiger partial charge in [-0.05, 0) is 48.1 Å². The monoisotopic (exact) mass is 632 g/mol. The van der Waals surface area contributed by atoms with Crippen molar-refractivity contribution in [2.75, 3.05) is 6.61 Å². The zero-order chi connectivity index (χ0) is 32.6. The van der Waals surface area contributed by atoms with Crippen LogP contribution in [-0.2, 0) is 35.0 Å². The van der Waals surface area contributed by atoms with E-state index in [0.29, 0.717) is 17.7 Å². The average Bonchev–Trinajstić information content (AvgIpc) is 3.09. The van der Waals surface area contributed by atoms with Crippen molar-refractivity contribution in [3.63, 3.8) is 0 Å². The Bertz CT molecular complexity index is 1380. The van der Waals surface area contributed by atoms with E-state index >= 15 is 0 Å². The van der Waals surface area contributed by atoms with Crippen molar-refractivity contribution in [1.29, 1.82) is 0 Å². The van der Waals surface area contributed by atoms with Gasteiger partial charge in [-0.3, -0.25) is 0 Å². The Morgan fingerprint density at radius 2 is 1.26 bits per heavy atom. The average molecular weight is 633 g/mol. The highest BCUT2D eigenvalue weighted by atomic mass is 16.8. The molecule has 3 aromatic carbocycles. The number of rotatable bonds is 11. The van der Waals surface area contributed by atoms with Gasteiger partial charge < -0.3 is 33.5 Å². The van der Waals surface area contributed by atoms with Gasteiger partial charge in [-0.15, -0.1) is 0 Å². The first-order chi connectivity index (χ1) is 22.3. The Hall–Kier alpha value is -3.60. The molecule has 4 unspecified atom stereocenters. The molecule has 0 aliphatic carbocycles. The molecule has 2 fully saturated rings. The Labute approximate surface area is 270 Å².